The van der Waals surface area contributed by atoms with Crippen LogP contribution in [0, 0.1) is 0 Å². The van der Waals surface area contributed by atoms with Gasteiger partial charge in [0.1, 0.15) is 23.5 Å². The predicted octanol–water partition coefficient (Wildman–Crippen LogP) is 2.23. The molecule has 5 rings (SSSR count). The molecular formula is C20H23N5O3. The molecule has 2 aliphatic heterocycles. The van der Waals surface area contributed by atoms with Crippen molar-refractivity contribution in [2.24, 2.45) is 0 Å². The SMILES string of the molecule is C[C@@H]1COC[C@H]2COc3c(nc(-c4ccnc5[nH]ccc45)nc3C(C)(C)O)N21. The van der Waals surface area contributed by atoms with Gasteiger partial charge in [0.05, 0.1) is 25.3 Å². The van der Waals surface area contributed by atoms with Crippen LogP contribution in [0.3, 0.4) is 0 Å². The molecule has 1 fully saturated rings. The number of morpholine rings is 1. The van der Waals surface area contributed by atoms with Gasteiger partial charge in [-0.25, -0.2) is 15.0 Å². The molecule has 0 bridgehead atoms. The highest BCUT2D eigenvalue weighted by atomic mass is 16.5. The Morgan fingerprint density at radius 3 is 2.89 bits per heavy atom. The zero-order valence-corrected chi connectivity index (χ0v) is 16.1. The molecule has 0 radical (unpaired) electrons. The van der Waals surface area contributed by atoms with Crippen LogP contribution in [0.25, 0.3) is 22.4 Å². The molecule has 0 spiro atoms. The number of hydrogen-bond acceptors (Lipinski definition) is 7. The van der Waals surface area contributed by atoms with E-state index in [0.29, 0.717) is 37.1 Å². The van der Waals surface area contributed by atoms with Crippen LogP contribution in [-0.2, 0) is 10.3 Å². The van der Waals surface area contributed by atoms with Gasteiger partial charge in [-0.3, -0.25) is 0 Å². The summed E-state index contributed by atoms with van der Waals surface area (Å²) in [5.74, 6) is 1.82. The number of aliphatic hydroxyl groups is 1. The molecule has 3 aromatic heterocycles. The van der Waals surface area contributed by atoms with E-state index in [4.69, 9.17) is 19.4 Å². The fourth-order valence-electron chi connectivity index (χ4n) is 4.02. The maximum absolute atomic E-state index is 10.8. The number of aromatic nitrogens is 4. The summed E-state index contributed by atoms with van der Waals surface area (Å²) in [6.07, 6.45) is 3.58. The first kappa shape index (κ1) is 17.4. The van der Waals surface area contributed by atoms with Crippen LogP contribution in [0.4, 0.5) is 5.82 Å². The smallest absolute Gasteiger partial charge is 0.186 e. The summed E-state index contributed by atoms with van der Waals surface area (Å²) in [4.78, 5) is 19.4. The molecule has 0 saturated carbocycles. The second kappa shape index (κ2) is 6.15. The molecule has 2 atom stereocenters. The molecule has 146 valence electrons. The van der Waals surface area contributed by atoms with Gasteiger partial charge in [-0.15, -0.1) is 0 Å². The first-order valence-electron chi connectivity index (χ1n) is 9.49. The molecule has 8 nitrogen and oxygen atoms in total. The first-order chi connectivity index (χ1) is 13.4. The van der Waals surface area contributed by atoms with E-state index in [0.717, 1.165) is 22.4 Å². The Balaban J connectivity index is 1.76. The second-order valence-electron chi connectivity index (χ2n) is 7.96. The van der Waals surface area contributed by atoms with Crippen LogP contribution in [0.15, 0.2) is 24.5 Å². The van der Waals surface area contributed by atoms with E-state index >= 15 is 0 Å². The van der Waals surface area contributed by atoms with E-state index in [1.807, 2.05) is 18.3 Å². The van der Waals surface area contributed by atoms with Crippen molar-refractivity contribution in [2.75, 3.05) is 24.7 Å². The van der Waals surface area contributed by atoms with Crippen molar-refractivity contribution in [3.05, 3.63) is 30.2 Å². The summed E-state index contributed by atoms with van der Waals surface area (Å²) in [7, 11) is 0. The van der Waals surface area contributed by atoms with Crippen LogP contribution in [0.5, 0.6) is 5.75 Å². The molecule has 0 aromatic carbocycles. The Hall–Kier alpha value is -2.71. The fraction of sp³-hybridized carbons (Fsp3) is 0.450. The molecule has 0 amide bonds. The monoisotopic (exact) mass is 381 g/mol. The van der Waals surface area contributed by atoms with Gasteiger partial charge >= 0.3 is 0 Å². The molecular weight excluding hydrogens is 358 g/mol. The normalized spacial score (nSPS) is 21.9. The van der Waals surface area contributed by atoms with Gasteiger partial charge in [0.25, 0.3) is 0 Å². The summed E-state index contributed by atoms with van der Waals surface area (Å²) in [5, 5.41) is 11.8. The lowest BCUT2D eigenvalue weighted by Gasteiger charge is -2.45. The number of nitrogens with zero attached hydrogens (tertiary/aromatic N) is 4. The van der Waals surface area contributed by atoms with Gasteiger partial charge in [0.15, 0.2) is 17.4 Å². The van der Waals surface area contributed by atoms with Crippen molar-refractivity contribution in [2.45, 2.75) is 38.5 Å². The number of rotatable bonds is 2. The van der Waals surface area contributed by atoms with E-state index in [9.17, 15) is 5.11 Å². The highest BCUT2D eigenvalue weighted by Gasteiger charge is 2.40. The lowest BCUT2D eigenvalue weighted by Crippen LogP contribution is -2.56. The number of H-pyrrole nitrogens is 1. The third-order valence-electron chi connectivity index (χ3n) is 5.33. The van der Waals surface area contributed by atoms with Crippen LogP contribution in [-0.4, -0.2) is 56.9 Å². The summed E-state index contributed by atoms with van der Waals surface area (Å²) < 4.78 is 11.7. The van der Waals surface area contributed by atoms with Crippen molar-refractivity contribution in [3.63, 3.8) is 0 Å². The Morgan fingerprint density at radius 1 is 1.21 bits per heavy atom. The maximum Gasteiger partial charge on any atom is 0.186 e. The summed E-state index contributed by atoms with van der Waals surface area (Å²) >= 11 is 0. The largest absolute Gasteiger partial charge is 0.485 e. The number of hydrogen-bond donors (Lipinski definition) is 2. The van der Waals surface area contributed by atoms with Crippen molar-refractivity contribution in [3.8, 4) is 17.1 Å². The van der Waals surface area contributed by atoms with E-state index in [1.54, 1.807) is 20.0 Å². The molecule has 0 unspecified atom stereocenters. The van der Waals surface area contributed by atoms with Crippen molar-refractivity contribution >= 4 is 16.9 Å². The molecule has 2 N–H and O–H groups in total. The standard InChI is InChI=1S/C20H23N5O3/c1-11-8-27-9-12-10-28-15-16(20(2,3)26)23-18(24-19(15)25(11)12)14-5-7-22-17-13(14)4-6-21-17/h4-7,11-12,26H,8-10H2,1-3H3,(H,21,22)/t11-,12+/m1/s1. The average molecular weight is 381 g/mol. The van der Waals surface area contributed by atoms with Crippen LogP contribution < -0.4 is 9.64 Å². The van der Waals surface area contributed by atoms with Gasteiger partial charge in [0.2, 0.25) is 0 Å². The van der Waals surface area contributed by atoms with Crippen LogP contribution >= 0.6 is 0 Å². The van der Waals surface area contributed by atoms with E-state index in [-0.39, 0.29) is 12.1 Å². The molecule has 8 heteroatoms. The first-order valence-corrected chi connectivity index (χ1v) is 9.49. The highest BCUT2D eigenvalue weighted by Crippen LogP contribution is 2.42. The number of ether oxygens (including phenoxy) is 2. The molecule has 2 aliphatic rings. The summed E-state index contributed by atoms with van der Waals surface area (Å²) in [6, 6.07) is 4.11. The molecule has 3 aromatic rings. The van der Waals surface area contributed by atoms with Gasteiger partial charge in [0, 0.05) is 23.3 Å². The van der Waals surface area contributed by atoms with Gasteiger partial charge in [-0.05, 0) is 32.9 Å². The average Bonchev–Trinajstić information content (AvgIpc) is 3.15. The van der Waals surface area contributed by atoms with Gasteiger partial charge in [-0.2, -0.15) is 0 Å². The number of pyridine rings is 1. The minimum atomic E-state index is -1.17. The Morgan fingerprint density at radius 2 is 2.07 bits per heavy atom. The van der Waals surface area contributed by atoms with Crippen LogP contribution in [0.1, 0.15) is 26.5 Å². The Bertz CT molecular complexity index is 1040. The topological polar surface area (TPSA) is 96.4 Å². The Kier molecular flexibility index (Phi) is 3.82. The van der Waals surface area contributed by atoms with E-state index < -0.39 is 5.60 Å². The third-order valence-corrected chi connectivity index (χ3v) is 5.33. The van der Waals surface area contributed by atoms with E-state index in [2.05, 4.69) is 21.8 Å². The zero-order chi connectivity index (χ0) is 19.5. The summed E-state index contributed by atoms with van der Waals surface area (Å²) in [5.41, 5.74) is 0.958. The summed E-state index contributed by atoms with van der Waals surface area (Å²) in [6.45, 7) is 7.26. The quantitative estimate of drug-likeness (QED) is 0.703. The van der Waals surface area contributed by atoms with Crippen LogP contribution in [0.2, 0.25) is 0 Å². The minimum absolute atomic E-state index is 0.0957. The zero-order valence-electron chi connectivity index (χ0n) is 16.1. The Labute approximate surface area is 162 Å². The minimum Gasteiger partial charge on any atom is -0.485 e. The predicted molar refractivity (Wildman–Crippen MR) is 104 cm³/mol. The molecule has 1 saturated heterocycles. The lowest BCUT2D eigenvalue weighted by molar-refractivity contribution is 0.0425. The number of nitrogens with one attached hydrogen (secondary N) is 1. The van der Waals surface area contributed by atoms with Crippen molar-refractivity contribution in [1.29, 1.82) is 0 Å². The van der Waals surface area contributed by atoms with E-state index in [1.165, 1.54) is 0 Å². The maximum atomic E-state index is 10.8. The number of aromatic amines is 1. The highest BCUT2D eigenvalue weighted by molar-refractivity contribution is 5.91. The number of fused-ring (bicyclic) bond motifs is 4. The third kappa shape index (κ3) is 2.63. The van der Waals surface area contributed by atoms with Crippen molar-refractivity contribution in [1.82, 2.24) is 19.9 Å². The van der Waals surface area contributed by atoms with Crippen molar-refractivity contribution < 1.29 is 14.6 Å². The second-order valence-corrected chi connectivity index (χ2v) is 7.96. The lowest BCUT2D eigenvalue weighted by atomic mass is 10.0. The number of anilines is 1. The van der Waals surface area contributed by atoms with Gasteiger partial charge in [-0.1, -0.05) is 0 Å². The molecule has 28 heavy (non-hydrogen) atoms. The van der Waals surface area contributed by atoms with Gasteiger partial charge < -0.3 is 24.5 Å². The molecule has 5 heterocycles. The fourth-order valence-corrected chi connectivity index (χ4v) is 4.02. The molecule has 0 aliphatic carbocycles.